The van der Waals surface area contributed by atoms with Crippen LogP contribution in [0.5, 0.6) is 5.75 Å². The van der Waals surface area contributed by atoms with E-state index in [1.165, 1.54) is 4.90 Å². The second-order valence-electron chi connectivity index (χ2n) is 6.97. The lowest BCUT2D eigenvalue weighted by Gasteiger charge is -2.25. The summed E-state index contributed by atoms with van der Waals surface area (Å²) in [5, 5.41) is 19.8. The van der Waals surface area contributed by atoms with Gasteiger partial charge in [0.1, 0.15) is 11.5 Å². The number of carbonyl (C=O) groups excluding carboxylic acids is 2. The van der Waals surface area contributed by atoms with Gasteiger partial charge in [-0.15, -0.1) is 0 Å². The van der Waals surface area contributed by atoms with Crippen molar-refractivity contribution >= 4 is 17.4 Å². The van der Waals surface area contributed by atoms with E-state index in [0.29, 0.717) is 16.9 Å². The number of hydrogen-bond acceptors (Lipinski definition) is 6. The van der Waals surface area contributed by atoms with Crippen LogP contribution in [0.1, 0.15) is 22.7 Å². The third-order valence-electron chi connectivity index (χ3n) is 5.01. The Hall–Kier alpha value is -3.16. The van der Waals surface area contributed by atoms with Crippen LogP contribution in [-0.2, 0) is 14.3 Å². The molecule has 30 heavy (non-hydrogen) atoms. The van der Waals surface area contributed by atoms with Crippen molar-refractivity contribution in [1.29, 1.82) is 0 Å². The maximum atomic E-state index is 12.9. The topological polar surface area (TPSA) is 96.3 Å². The van der Waals surface area contributed by atoms with E-state index < -0.39 is 17.7 Å². The van der Waals surface area contributed by atoms with E-state index in [4.69, 9.17) is 14.6 Å². The fourth-order valence-electron chi connectivity index (χ4n) is 3.44. The van der Waals surface area contributed by atoms with E-state index in [9.17, 15) is 14.7 Å². The van der Waals surface area contributed by atoms with Crippen LogP contribution in [0, 0.1) is 6.92 Å². The highest BCUT2D eigenvalue weighted by Gasteiger charge is 2.45. The summed E-state index contributed by atoms with van der Waals surface area (Å²) < 4.78 is 10.5. The molecule has 0 aromatic heterocycles. The van der Waals surface area contributed by atoms with Gasteiger partial charge in [-0.25, -0.2) is 0 Å². The van der Waals surface area contributed by atoms with Crippen LogP contribution in [0.2, 0.25) is 0 Å². The predicted octanol–water partition coefficient (Wildman–Crippen LogP) is 2.43. The highest BCUT2D eigenvalue weighted by atomic mass is 16.5. The summed E-state index contributed by atoms with van der Waals surface area (Å²) in [6.45, 7) is 2.23. The number of carbonyl (C=O) groups is 2. The molecule has 1 atom stereocenters. The molecule has 1 heterocycles. The van der Waals surface area contributed by atoms with Crippen LogP contribution in [0.3, 0.4) is 0 Å². The first-order valence-electron chi connectivity index (χ1n) is 9.66. The second-order valence-corrected chi connectivity index (χ2v) is 6.97. The van der Waals surface area contributed by atoms with Gasteiger partial charge in [-0.05, 0) is 24.6 Å². The number of Topliss-reactive ketones (excluding diaryl/α,β-unsaturated/α-hetero) is 1. The average Bonchev–Trinajstić information content (AvgIpc) is 3.01. The molecular formula is C23H25NO6. The number of methoxy groups -OCH3 is 1. The van der Waals surface area contributed by atoms with Crippen LogP contribution in [0.15, 0.2) is 54.1 Å². The standard InChI is InChI=1S/C23H25NO6/c1-15-3-5-17(6-4-15)21(26)19-20(16-7-9-18(29-2)10-8-16)24(23(28)22(19)27)11-13-30-14-12-25/h3-10,20,25-26H,11-14H2,1-2H3. The van der Waals surface area contributed by atoms with Gasteiger partial charge in [0.05, 0.1) is 38.5 Å². The molecule has 7 heteroatoms. The predicted molar refractivity (Wildman–Crippen MR) is 111 cm³/mol. The monoisotopic (exact) mass is 411 g/mol. The van der Waals surface area contributed by atoms with E-state index in [0.717, 1.165) is 5.56 Å². The molecule has 1 saturated heterocycles. The van der Waals surface area contributed by atoms with Gasteiger partial charge in [0.25, 0.3) is 11.7 Å². The van der Waals surface area contributed by atoms with Crippen molar-refractivity contribution in [3.8, 4) is 5.75 Å². The lowest BCUT2D eigenvalue weighted by Crippen LogP contribution is -2.33. The molecule has 0 radical (unpaired) electrons. The summed E-state index contributed by atoms with van der Waals surface area (Å²) in [6.07, 6.45) is 0. The van der Waals surface area contributed by atoms with Crippen LogP contribution in [0.25, 0.3) is 5.76 Å². The number of benzene rings is 2. The molecule has 0 saturated carbocycles. The van der Waals surface area contributed by atoms with Gasteiger partial charge in [0.2, 0.25) is 0 Å². The lowest BCUT2D eigenvalue weighted by molar-refractivity contribution is -0.140. The van der Waals surface area contributed by atoms with Gasteiger partial charge in [-0.3, -0.25) is 9.59 Å². The zero-order valence-corrected chi connectivity index (χ0v) is 17.0. The van der Waals surface area contributed by atoms with E-state index in [2.05, 4.69) is 0 Å². The van der Waals surface area contributed by atoms with Crippen molar-refractivity contribution in [1.82, 2.24) is 4.90 Å². The van der Waals surface area contributed by atoms with Crippen LogP contribution >= 0.6 is 0 Å². The molecule has 2 N–H and O–H groups in total. The fourth-order valence-corrected chi connectivity index (χ4v) is 3.44. The van der Waals surface area contributed by atoms with Gasteiger partial charge < -0.3 is 24.6 Å². The van der Waals surface area contributed by atoms with Crippen LogP contribution in [-0.4, -0.2) is 60.3 Å². The molecule has 1 amide bonds. The van der Waals surface area contributed by atoms with Gasteiger partial charge >= 0.3 is 0 Å². The molecule has 1 aliphatic heterocycles. The van der Waals surface area contributed by atoms with Gasteiger partial charge in [-0.2, -0.15) is 0 Å². The number of aliphatic hydroxyl groups is 2. The molecule has 0 bridgehead atoms. The van der Waals surface area contributed by atoms with Gasteiger partial charge in [0, 0.05) is 12.1 Å². The first kappa shape index (κ1) is 21.5. The first-order valence-corrected chi connectivity index (χ1v) is 9.66. The van der Waals surface area contributed by atoms with E-state index in [-0.39, 0.29) is 37.7 Å². The molecule has 2 aromatic rings. The minimum absolute atomic E-state index is 0.0381. The molecule has 0 aliphatic carbocycles. The number of aryl methyl sites for hydroxylation is 1. The fraction of sp³-hybridized carbons (Fsp3) is 0.304. The highest BCUT2D eigenvalue weighted by molar-refractivity contribution is 6.46. The Morgan fingerprint density at radius 3 is 2.30 bits per heavy atom. The number of rotatable bonds is 8. The van der Waals surface area contributed by atoms with Crippen molar-refractivity contribution in [3.63, 3.8) is 0 Å². The van der Waals surface area contributed by atoms with E-state index in [1.807, 2.05) is 19.1 Å². The van der Waals surface area contributed by atoms with Crippen LogP contribution < -0.4 is 4.74 Å². The normalized spacial score (nSPS) is 18.1. The number of ether oxygens (including phenoxy) is 2. The van der Waals surface area contributed by atoms with Crippen molar-refractivity contribution in [3.05, 3.63) is 70.8 Å². The Labute approximate surface area is 175 Å². The molecule has 1 fully saturated rings. The first-order chi connectivity index (χ1) is 14.5. The zero-order valence-electron chi connectivity index (χ0n) is 17.0. The molecule has 3 rings (SSSR count). The average molecular weight is 411 g/mol. The number of aliphatic hydroxyl groups excluding tert-OH is 2. The van der Waals surface area contributed by atoms with E-state index >= 15 is 0 Å². The maximum Gasteiger partial charge on any atom is 0.295 e. The van der Waals surface area contributed by atoms with Gasteiger partial charge in [0.15, 0.2) is 0 Å². The van der Waals surface area contributed by atoms with Crippen molar-refractivity contribution in [2.75, 3.05) is 33.5 Å². The molecule has 1 unspecified atom stereocenters. The Bertz CT molecular complexity index is 933. The third-order valence-corrected chi connectivity index (χ3v) is 5.01. The summed E-state index contributed by atoms with van der Waals surface area (Å²) in [5.41, 5.74) is 2.19. The minimum Gasteiger partial charge on any atom is -0.507 e. The summed E-state index contributed by atoms with van der Waals surface area (Å²) >= 11 is 0. The maximum absolute atomic E-state index is 12.9. The molecule has 2 aromatic carbocycles. The number of hydrogen-bond donors (Lipinski definition) is 2. The number of ketones is 1. The summed E-state index contributed by atoms with van der Waals surface area (Å²) in [7, 11) is 1.55. The largest absolute Gasteiger partial charge is 0.507 e. The highest BCUT2D eigenvalue weighted by Crippen LogP contribution is 2.39. The van der Waals surface area contributed by atoms with E-state index in [1.54, 1.807) is 43.5 Å². The quantitative estimate of drug-likeness (QED) is 0.300. The summed E-state index contributed by atoms with van der Waals surface area (Å²) in [6, 6.07) is 13.3. The molecule has 1 aliphatic rings. The minimum atomic E-state index is -0.755. The van der Waals surface area contributed by atoms with Crippen LogP contribution in [0.4, 0.5) is 0 Å². The smallest absolute Gasteiger partial charge is 0.295 e. The second kappa shape index (κ2) is 9.56. The molecule has 7 nitrogen and oxygen atoms in total. The summed E-state index contributed by atoms with van der Waals surface area (Å²) in [4.78, 5) is 27.0. The Morgan fingerprint density at radius 2 is 1.70 bits per heavy atom. The van der Waals surface area contributed by atoms with Gasteiger partial charge in [-0.1, -0.05) is 42.0 Å². The van der Waals surface area contributed by atoms with Crippen molar-refractivity contribution in [2.24, 2.45) is 0 Å². The lowest BCUT2D eigenvalue weighted by atomic mass is 9.95. The SMILES string of the molecule is COc1ccc(C2C(=C(O)c3ccc(C)cc3)C(=O)C(=O)N2CCOCCO)cc1. The number of amides is 1. The Morgan fingerprint density at radius 1 is 1.03 bits per heavy atom. The molecule has 0 spiro atoms. The van der Waals surface area contributed by atoms with Crippen molar-refractivity contribution < 1.29 is 29.3 Å². The third kappa shape index (κ3) is 4.37. The zero-order chi connectivity index (χ0) is 21.7. The Kier molecular flexibility index (Phi) is 6.87. The Balaban J connectivity index is 2.05. The molecule has 158 valence electrons. The number of likely N-dealkylation sites (tertiary alicyclic amines) is 1. The van der Waals surface area contributed by atoms with Crippen molar-refractivity contribution in [2.45, 2.75) is 13.0 Å². The number of nitrogens with zero attached hydrogens (tertiary/aromatic N) is 1. The molecular weight excluding hydrogens is 386 g/mol. The summed E-state index contributed by atoms with van der Waals surface area (Å²) in [5.74, 6) is -1.01.